The number of carbonyl (C=O) groups excluding carboxylic acids is 2. The average Bonchev–Trinajstić information content (AvgIpc) is 2.77. The fourth-order valence-electron chi connectivity index (χ4n) is 4.58. The molecule has 0 radical (unpaired) electrons. The van der Waals surface area contributed by atoms with Crippen LogP contribution < -0.4 is 10.4 Å². The van der Waals surface area contributed by atoms with Gasteiger partial charge in [0.15, 0.2) is 0 Å². The van der Waals surface area contributed by atoms with Crippen molar-refractivity contribution in [2.24, 2.45) is 5.92 Å². The third kappa shape index (κ3) is 7.77. The molecule has 0 N–H and O–H groups in total. The molecule has 0 saturated heterocycles. The maximum absolute atomic E-state index is 12.8. The van der Waals surface area contributed by atoms with Crippen LogP contribution >= 0.6 is 0 Å². The summed E-state index contributed by atoms with van der Waals surface area (Å²) < 4.78 is 12.4. The van der Waals surface area contributed by atoms with Gasteiger partial charge in [-0.15, -0.1) is 0 Å². The van der Waals surface area contributed by atoms with Crippen LogP contribution in [0.15, 0.2) is 60.7 Å². The van der Waals surface area contributed by atoms with Crippen LogP contribution in [-0.4, -0.2) is 51.4 Å². The highest BCUT2D eigenvalue weighted by molar-refractivity contribution is 6.99. The van der Waals surface area contributed by atoms with Crippen molar-refractivity contribution in [2.45, 2.75) is 71.4 Å². The number of hydrogen-bond donors (Lipinski definition) is 0. The summed E-state index contributed by atoms with van der Waals surface area (Å²) in [4.78, 5) is 26.8. The van der Waals surface area contributed by atoms with Gasteiger partial charge < -0.3 is 14.1 Å². The lowest BCUT2D eigenvalue weighted by Crippen LogP contribution is -2.66. The molecule has 0 saturated carbocycles. The summed E-state index contributed by atoms with van der Waals surface area (Å²) in [7, 11) is 0.830. The van der Waals surface area contributed by atoms with E-state index in [1.165, 1.54) is 10.4 Å². The number of amides is 1. The summed E-state index contributed by atoms with van der Waals surface area (Å²) >= 11 is 0. The van der Waals surface area contributed by atoms with Crippen LogP contribution in [0.4, 0.5) is 0 Å². The lowest BCUT2D eigenvalue weighted by molar-refractivity contribution is -0.158. The van der Waals surface area contributed by atoms with E-state index in [1.807, 2.05) is 32.9 Å². The Morgan fingerprint density at radius 2 is 1.34 bits per heavy atom. The van der Waals surface area contributed by atoms with Crippen molar-refractivity contribution in [1.29, 1.82) is 0 Å². The van der Waals surface area contributed by atoms with Crippen LogP contribution in [0.1, 0.15) is 60.8 Å². The van der Waals surface area contributed by atoms with E-state index in [1.54, 1.807) is 19.0 Å². The molecule has 2 rings (SSSR count). The van der Waals surface area contributed by atoms with Gasteiger partial charge in [0.05, 0.1) is 6.42 Å². The molecular formula is C29H43NO4Si. The Bertz CT molecular complexity index is 907. The van der Waals surface area contributed by atoms with Crippen LogP contribution in [0.5, 0.6) is 0 Å². The quantitative estimate of drug-likeness (QED) is 0.269. The normalized spacial score (nSPS) is 13.3. The van der Waals surface area contributed by atoms with Gasteiger partial charge in [0, 0.05) is 26.6 Å². The Hall–Kier alpha value is -2.44. The van der Waals surface area contributed by atoms with Crippen LogP contribution in [0.25, 0.3) is 0 Å². The van der Waals surface area contributed by atoms with E-state index >= 15 is 0 Å². The zero-order valence-corrected chi connectivity index (χ0v) is 23.8. The van der Waals surface area contributed by atoms with Crippen molar-refractivity contribution in [3.63, 3.8) is 0 Å². The van der Waals surface area contributed by atoms with Gasteiger partial charge in [-0.3, -0.25) is 9.59 Å². The predicted octanol–water partition coefficient (Wildman–Crippen LogP) is 4.78. The van der Waals surface area contributed by atoms with E-state index in [-0.39, 0.29) is 23.3 Å². The van der Waals surface area contributed by atoms with Crippen molar-refractivity contribution in [1.82, 2.24) is 4.90 Å². The molecule has 0 aliphatic heterocycles. The highest BCUT2D eigenvalue weighted by Crippen LogP contribution is 2.37. The van der Waals surface area contributed by atoms with Crippen molar-refractivity contribution in [2.75, 3.05) is 20.7 Å². The van der Waals surface area contributed by atoms with E-state index in [0.717, 1.165) is 0 Å². The highest BCUT2D eigenvalue weighted by atomic mass is 28.4. The van der Waals surface area contributed by atoms with Gasteiger partial charge >= 0.3 is 5.97 Å². The molecule has 0 aromatic heterocycles. The maximum Gasteiger partial charge on any atom is 0.307 e. The summed E-state index contributed by atoms with van der Waals surface area (Å²) in [5, 5.41) is 2.35. The lowest BCUT2D eigenvalue weighted by atomic mass is 9.98. The monoisotopic (exact) mass is 497 g/mol. The second-order valence-electron chi connectivity index (χ2n) is 11.4. The van der Waals surface area contributed by atoms with Gasteiger partial charge in [0.1, 0.15) is 5.60 Å². The molecule has 0 bridgehead atoms. The van der Waals surface area contributed by atoms with E-state index in [4.69, 9.17) is 9.16 Å². The van der Waals surface area contributed by atoms with Gasteiger partial charge in [-0.25, -0.2) is 0 Å². The van der Waals surface area contributed by atoms with Crippen LogP contribution in [0.3, 0.4) is 0 Å². The van der Waals surface area contributed by atoms with E-state index in [2.05, 4.69) is 69.3 Å². The number of benzene rings is 2. The number of nitrogens with zero attached hydrogens (tertiary/aromatic N) is 1. The first kappa shape index (κ1) is 28.8. The standard InChI is InChI=1S/C29H43NO4Si/c1-28(2,3)34-26(31)22-23(27(32)30(7)8)16-15-21-33-35(29(4,5)6,24-17-11-9-12-18-24)25-19-13-10-14-20-25/h9-14,17-20,23H,15-16,21-22H2,1-8H3/t23-/m0/s1. The summed E-state index contributed by atoms with van der Waals surface area (Å²) in [6, 6.07) is 21.0. The van der Waals surface area contributed by atoms with Crippen molar-refractivity contribution in [3.05, 3.63) is 60.7 Å². The van der Waals surface area contributed by atoms with E-state index < -0.39 is 19.8 Å². The molecule has 0 heterocycles. The Morgan fingerprint density at radius 1 is 0.857 bits per heavy atom. The molecule has 0 unspecified atom stereocenters. The molecule has 0 spiro atoms. The molecule has 6 heteroatoms. The Balaban J connectivity index is 2.24. The van der Waals surface area contributed by atoms with Gasteiger partial charge in [-0.05, 0) is 49.0 Å². The fraction of sp³-hybridized carbons (Fsp3) is 0.517. The van der Waals surface area contributed by atoms with Gasteiger partial charge in [0.2, 0.25) is 5.91 Å². The molecule has 2 aromatic rings. The van der Waals surface area contributed by atoms with Gasteiger partial charge in [-0.2, -0.15) is 0 Å². The minimum atomic E-state index is -2.62. The Labute approximate surface area is 213 Å². The molecule has 0 aliphatic carbocycles. The number of carbonyl (C=O) groups is 2. The fourth-order valence-corrected chi connectivity index (χ4v) is 9.18. The molecule has 1 atom stereocenters. The zero-order valence-electron chi connectivity index (χ0n) is 22.8. The molecular weight excluding hydrogens is 454 g/mol. The predicted molar refractivity (Wildman–Crippen MR) is 145 cm³/mol. The van der Waals surface area contributed by atoms with Gasteiger partial charge in [0.25, 0.3) is 8.32 Å². The second-order valence-corrected chi connectivity index (χ2v) is 15.7. The smallest absolute Gasteiger partial charge is 0.307 e. The molecule has 5 nitrogen and oxygen atoms in total. The summed E-state index contributed by atoms with van der Waals surface area (Å²) in [5.74, 6) is -0.825. The van der Waals surface area contributed by atoms with Crippen molar-refractivity contribution < 1.29 is 18.8 Å². The largest absolute Gasteiger partial charge is 0.460 e. The highest BCUT2D eigenvalue weighted by Gasteiger charge is 2.50. The third-order valence-electron chi connectivity index (χ3n) is 6.06. The topological polar surface area (TPSA) is 55.8 Å². The molecule has 35 heavy (non-hydrogen) atoms. The van der Waals surface area contributed by atoms with Crippen LogP contribution in [-0.2, 0) is 18.8 Å². The van der Waals surface area contributed by atoms with Crippen molar-refractivity contribution in [3.8, 4) is 0 Å². The molecule has 1 amide bonds. The minimum Gasteiger partial charge on any atom is -0.460 e. The third-order valence-corrected chi connectivity index (χ3v) is 11.1. The second kappa shape index (κ2) is 12.0. The molecule has 2 aromatic carbocycles. The molecule has 192 valence electrons. The summed E-state index contributed by atoms with van der Waals surface area (Å²) in [6.45, 7) is 12.8. The summed E-state index contributed by atoms with van der Waals surface area (Å²) in [6.07, 6.45) is 1.32. The van der Waals surface area contributed by atoms with E-state index in [0.29, 0.717) is 19.4 Å². The SMILES string of the molecule is CN(C)C(=O)[C@@H](CCCO[Si](c1ccccc1)(c1ccccc1)C(C)(C)C)CC(=O)OC(C)(C)C. The number of ether oxygens (including phenoxy) is 1. The molecule has 0 fully saturated rings. The number of hydrogen-bond acceptors (Lipinski definition) is 4. The minimum absolute atomic E-state index is 0.0543. The number of esters is 1. The van der Waals surface area contributed by atoms with Crippen LogP contribution in [0.2, 0.25) is 5.04 Å². The average molecular weight is 498 g/mol. The van der Waals surface area contributed by atoms with Gasteiger partial charge in [-0.1, -0.05) is 81.4 Å². The first-order chi connectivity index (χ1) is 16.3. The molecule has 0 aliphatic rings. The first-order valence-electron chi connectivity index (χ1n) is 12.5. The maximum atomic E-state index is 12.8. The zero-order chi connectivity index (χ0) is 26.3. The first-order valence-corrected chi connectivity index (χ1v) is 14.4. The Morgan fingerprint density at radius 3 is 1.74 bits per heavy atom. The van der Waals surface area contributed by atoms with E-state index in [9.17, 15) is 9.59 Å². The van der Waals surface area contributed by atoms with Crippen LogP contribution in [0, 0.1) is 5.92 Å². The number of rotatable bonds is 10. The van der Waals surface area contributed by atoms with Crippen molar-refractivity contribution >= 4 is 30.6 Å². The lowest BCUT2D eigenvalue weighted by Gasteiger charge is -2.43. The summed E-state index contributed by atoms with van der Waals surface area (Å²) in [5.41, 5.74) is -0.574. The Kier molecular flexibility index (Phi) is 9.87.